The highest BCUT2D eigenvalue weighted by molar-refractivity contribution is 7.89. The van der Waals surface area contributed by atoms with Gasteiger partial charge in [0.2, 0.25) is 10.0 Å². The molecule has 140 valence electrons. The van der Waals surface area contributed by atoms with E-state index in [1.165, 1.54) is 11.3 Å². The molecule has 0 atom stereocenters. The third-order valence-electron chi connectivity index (χ3n) is 4.78. The van der Waals surface area contributed by atoms with Crippen LogP contribution in [-0.2, 0) is 16.4 Å². The fraction of sp³-hybridized carbons (Fsp3) is 0.400. The number of hydrogen-bond acceptors (Lipinski definition) is 4. The van der Waals surface area contributed by atoms with Crippen molar-refractivity contribution in [2.45, 2.75) is 13.3 Å². The van der Waals surface area contributed by atoms with Gasteiger partial charge in [-0.1, -0.05) is 24.3 Å². The van der Waals surface area contributed by atoms with E-state index in [-0.39, 0.29) is 5.75 Å². The van der Waals surface area contributed by atoms with Crippen LogP contribution in [0.3, 0.4) is 0 Å². The zero-order valence-corrected chi connectivity index (χ0v) is 16.2. The highest BCUT2D eigenvalue weighted by Crippen LogP contribution is 2.20. The summed E-state index contributed by atoms with van der Waals surface area (Å²) in [5, 5.41) is 0. The minimum Gasteiger partial charge on any atom is -0.497 e. The minimum atomic E-state index is -3.25. The number of benzene rings is 2. The maximum Gasteiger partial charge on any atom is 0.214 e. The zero-order valence-electron chi connectivity index (χ0n) is 15.4. The highest BCUT2D eigenvalue weighted by Gasteiger charge is 2.26. The van der Waals surface area contributed by atoms with Crippen molar-refractivity contribution in [1.82, 2.24) is 4.31 Å². The van der Waals surface area contributed by atoms with Crippen molar-refractivity contribution in [2.75, 3.05) is 43.9 Å². The molecule has 0 aromatic heterocycles. The maximum absolute atomic E-state index is 12.7. The molecule has 6 heteroatoms. The average Bonchev–Trinajstić information content (AvgIpc) is 2.67. The van der Waals surface area contributed by atoms with E-state index >= 15 is 0 Å². The van der Waals surface area contributed by atoms with Gasteiger partial charge in [0.25, 0.3) is 0 Å². The molecule has 0 N–H and O–H groups in total. The Balaban J connectivity index is 1.57. The highest BCUT2D eigenvalue weighted by atomic mass is 32.2. The molecular formula is C20H26N2O3S. The van der Waals surface area contributed by atoms with Gasteiger partial charge >= 0.3 is 0 Å². The predicted octanol–water partition coefficient (Wildman–Crippen LogP) is 2.70. The van der Waals surface area contributed by atoms with Crippen molar-refractivity contribution in [3.05, 3.63) is 59.7 Å². The number of anilines is 1. The van der Waals surface area contributed by atoms with E-state index in [0.29, 0.717) is 19.5 Å². The van der Waals surface area contributed by atoms with Crippen molar-refractivity contribution in [1.29, 1.82) is 0 Å². The Hall–Kier alpha value is -2.05. The van der Waals surface area contributed by atoms with E-state index in [4.69, 9.17) is 4.74 Å². The van der Waals surface area contributed by atoms with Crippen molar-refractivity contribution in [3.63, 3.8) is 0 Å². The van der Waals surface area contributed by atoms with Gasteiger partial charge in [-0.15, -0.1) is 0 Å². The average molecular weight is 375 g/mol. The lowest BCUT2D eigenvalue weighted by molar-refractivity contribution is 0.385. The van der Waals surface area contributed by atoms with Crippen LogP contribution in [0.15, 0.2) is 48.5 Å². The van der Waals surface area contributed by atoms with E-state index in [1.54, 1.807) is 11.4 Å². The largest absolute Gasteiger partial charge is 0.497 e. The molecule has 0 aliphatic carbocycles. The van der Waals surface area contributed by atoms with Gasteiger partial charge in [0, 0.05) is 31.9 Å². The molecular weight excluding hydrogens is 348 g/mol. The van der Waals surface area contributed by atoms with E-state index in [1.807, 2.05) is 30.3 Å². The van der Waals surface area contributed by atoms with Gasteiger partial charge in [-0.25, -0.2) is 8.42 Å². The normalized spacial score (nSPS) is 15.8. The van der Waals surface area contributed by atoms with Crippen LogP contribution in [0.2, 0.25) is 0 Å². The Labute approximate surface area is 156 Å². The van der Waals surface area contributed by atoms with Crippen LogP contribution in [0.25, 0.3) is 0 Å². The fourth-order valence-corrected chi connectivity index (χ4v) is 4.72. The number of rotatable bonds is 6. The molecule has 5 nitrogen and oxygen atoms in total. The summed E-state index contributed by atoms with van der Waals surface area (Å²) >= 11 is 0. The van der Waals surface area contributed by atoms with E-state index in [0.717, 1.165) is 24.4 Å². The number of hydrogen-bond donors (Lipinski definition) is 0. The van der Waals surface area contributed by atoms with Crippen LogP contribution in [0.1, 0.15) is 11.1 Å². The monoisotopic (exact) mass is 374 g/mol. The molecule has 26 heavy (non-hydrogen) atoms. The lowest BCUT2D eigenvalue weighted by atomic mass is 10.2. The summed E-state index contributed by atoms with van der Waals surface area (Å²) in [6, 6.07) is 15.9. The standard InChI is InChI=1S/C20H26N2O3S/c1-17-5-3-7-19(15-17)21-10-12-22(13-11-21)26(23,24)14-9-18-6-4-8-20(16-18)25-2/h3-8,15-16H,9-14H2,1-2H3. The van der Waals surface area contributed by atoms with Crippen LogP contribution >= 0.6 is 0 Å². The van der Waals surface area contributed by atoms with Gasteiger partial charge in [-0.2, -0.15) is 4.31 Å². The van der Waals surface area contributed by atoms with Crippen LogP contribution in [-0.4, -0.2) is 51.8 Å². The lowest BCUT2D eigenvalue weighted by Crippen LogP contribution is -2.49. The molecule has 1 aliphatic rings. The van der Waals surface area contributed by atoms with Crippen molar-refractivity contribution in [3.8, 4) is 5.75 Å². The minimum absolute atomic E-state index is 0.130. The fourth-order valence-electron chi connectivity index (χ4n) is 3.25. The summed E-state index contributed by atoms with van der Waals surface area (Å²) in [5.41, 5.74) is 3.36. The van der Waals surface area contributed by atoms with Gasteiger partial charge in [-0.05, 0) is 48.7 Å². The molecule has 1 aliphatic heterocycles. The molecule has 0 unspecified atom stereocenters. The van der Waals surface area contributed by atoms with Crippen LogP contribution in [0.4, 0.5) is 5.69 Å². The number of methoxy groups -OCH3 is 1. The summed E-state index contributed by atoms with van der Waals surface area (Å²) in [4.78, 5) is 2.25. The topological polar surface area (TPSA) is 49.9 Å². The molecule has 1 heterocycles. The SMILES string of the molecule is COc1cccc(CCS(=O)(=O)N2CCN(c3cccc(C)c3)CC2)c1. The Morgan fingerprint density at radius 1 is 1.00 bits per heavy atom. The van der Waals surface area contributed by atoms with Crippen molar-refractivity contribution >= 4 is 15.7 Å². The molecule has 0 spiro atoms. The first-order valence-electron chi connectivity index (χ1n) is 8.90. The number of aryl methyl sites for hydroxylation is 2. The maximum atomic E-state index is 12.7. The van der Waals surface area contributed by atoms with Crippen LogP contribution in [0.5, 0.6) is 5.75 Å². The number of nitrogens with zero attached hydrogens (tertiary/aromatic N) is 2. The molecule has 0 bridgehead atoms. The molecule has 0 radical (unpaired) electrons. The first-order valence-corrected chi connectivity index (χ1v) is 10.5. The molecule has 0 amide bonds. The van der Waals surface area contributed by atoms with Crippen molar-refractivity contribution in [2.24, 2.45) is 0 Å². The Morgan fingerprint density at radius 3 is 2.42 bits per heavy atom. The van der Waals surface area contributed by atoms with Gasteiger partial charge in [0.05, 0.1) is 12.9 Å². The first kappa shape index (κ1) is 18.7. The molecule has 2 aromatic carbocycles. The smallest absolute Gasteiger partial charge is 0.214 e. The molecule has 0 saturated carbocycles. The van der Waals surface area contributed by atoms with E-state index in [2.05, 4.69) is 30.0 Å². The Bertz CT molecular complexity index is 844. The lowest BCUT2D eigenvalue weighted by Gasteiger charge is -2.35. The second-order valence-corrected chi connectivity index (χ2v) is 8.73. The van der Waals surface area contributed by atoms with Gasteiger partial charge < -0.3 is 9.64 Å². The van der Waals surface area contributed by atoms with E-state index in [9.17, 15) is 8.42 Å². The van der Waals surface area contributed by atoms with Crippen LogP contribution < -0.4 is 9.64 Å². The third-order valence-corrected chi connectivity index (χ3v) is 6.65. The van der Waals surface area contributed by atoms with Gasteiger partial charge in [0.15, 0.2) is 0 Å². The zero-order chi connectivity index (χ0) is 18.6. The number of ether oxygens (including phenoxy) is 1. The first-order chi connectivity index (χ1) is 12.5. The quantitative estimate of drug-likeness (QED) is 0.780. The second-order valence-electron chi connectivity index (χ2n) is 6.64. The van der Waals surface area contributed by atoms with Gasteiger partial charge in [-0.3, -0.25) is 0 Å². The summed E-state index contributed by atoms with van der Waals surface area (Å²) in [7, 11) is -1.63. The predicted molar refractivity (Wildman–Crippen MR) is 105 cm³/mol. The van der Waals surface area contributed by atoms with Crippen LogP contribution in [0, 0.1) is 6.92 Å². The summed E-state index contributed by atoms with van der Waals surface area (Å²) in [5.74, 6) is 0.886. The molecule has 2 aromatic rings. The Morgan fingerprint density at radius 2 is 1.73 bits per heavy atom. The van der Waals surface area contributed by atoms with E-state index < -0.39 is 10.0 Å². The second kappa shape index (κ2) is 8.10. The molecule has 1 saturated heterocycles. The summed E-state index contributed by atoms with van der Waals surface area (Å²) < 4.78 is 32.2. The third kappa shape index (κ3) is 4.56. The van der Waals surface area contributed by atoms with Crippen molar-refractivity contribution < 1.29 is 13.2 Å². The Kier molecular flexibility index (Phi) is 5.84. The van der Waals surface area contributed by atoms with Gasteiger partial charge in [0.1, 0.15) is 5.75 Å². The number of sulfonamides is 1. The summed E-state index contributed by atoms with van der Waals surface area (Å²) in [6.07, 6.45) is 0.498. The summed E-state index contributed by atoms with van der Waals surface area (Å²) in [6.45, 7) is 4.59. The molecule has 1 fully saturated rings. The number of piperazine rings is 1. The molecule has 3 rings (SSSR count).